The Hall–Kier alpha value is -5.48. The molecule has 1 aromatic heterocycles. The van der Waals surface area contributed by atoms with Gasteiger partial charge < -0.3 is 14.2 Å². The summed E-state index contributed by atoms with van der Waals surface area (Å²) in [7, 11) is 0. The normalized spacial score (nSPS) is 13.9. The molecule has 0 radical (unpaired) electrons. The van der Waals surface area contributed by atoms with Crippen molar-refractivity contribution in [3.8, 4) is 11.1 Å². The number of anilines is 6. The van der Waals surface area contributed by atoms with Crippen LogP contribution in [0.5, 0.6) is 0 Å². The lowest BCUT2D eigenvalue weighted by Crippen LogP contribution is -2.61. The second-order valence-electron chi connectivity index (χ2n) is 19.8. The first kappa shape index (κ1) is 37.1. The summed E-state index contributed by atoms with van der Waals surface area (Å²) >= 11 is 0. The molecule has 0 amide bonds. The minimum Gasteiger partial charge on any atom is -0.464 e. The van der Waals surface area contributed by atoms with Crippen molar-refractivity contribution in [2.24, 2.45) is 0 Å². The van der Waals surface area contributed by atoms with Gasteiger partial charge in [-0.25, -0.2) is 0 Å². The highest BCUT2D eigenvalue weighted by atomic mass is 16.3. The molecule has 6 aromatic carbocycles. The lowest BCUT2D eigenvalue weighted by Gasteiger charge is -2.45. The van der Waals surface area contributed by atoms with Crippen molar-refractivity contribution in [1.82, 2.24) is 0 Å². The van der Waals surface area contributed by atoms with E-state index < -0.39 is 0 Å². The van der Waals surface area contributed by atoms with Crippen LogP contribution in [-0.2, 0) is 16.2 Å². The van der Waals surface area contributed by atoms with E-state index in [0.717, 1.165) is 11.0 Å². The fourth-order valence-corrected chi connectivity index (χ4v) is 9.30. The van der Waals surface area contributed by atoms with Crippen molar-refractivity contribution in [3.05, 3.63) is 149 Å². The largest absolute Gasteiger partial charge is 0.464 e. The van der Waals surface area contributed by atoms with Crippen LogP contribution in [0, 0.1) is 20.8 Å². The molecule has 3 nitrogen and oxygen atoms in total. The van der Waals surface area contributed by atoms with E-state index in [2.05, 4.69) is 202 Å². The average Bonchev–Trinajstić information content (AvgIpc) is 3.62. The van der Waals surface area contributed by atoms with Gasteiger partial charge in [0.25, 0.3) is 6.71 Å². The van der Waals surface area contributed by atoms with E-state index in [9.17, 15) is 0 Å². The van der Waals surface area contributed by atoms with Gasteiger partial charge in [-0.3, -0.25) is 0 Å². The Labute approximate surface area is 340 Å². The summed E-state index contributed by atoms with van der Waals surface area (Å²) in [5.74, 6) is 0. The molecule has 2 aliphatic heterocycles. The molecular weight excluding hydrogens is 691 g/mol. The third-order valence-electron chi connectivity index (χ3n) is 12.4. The standard InChI is InChI=1S/C53H55BN2O/c1-32-25-46-49-47(26-32)56(50-33(2)27-40(28-34(50)3)53(10,11)12)45-30-36(35-14-22-48-37(29-35)23-24-57-48)13-20-42(45)54(49)43-31-39(52(7,8)9)17-21-44(43)55(46)41-18-15-38(16-19-41)51(4,5)6/h13-31H,1-12H3. The van der Waals surface area contributed by atoms with Crippen molar-refractivity contribution in [2.45, 2.75) is 99.3 Å². The molecule has 0 bridgehead atoms. The van der Waals surface area contributed by atoms with Crippen LogP contribution in [0.4, 0.5) is 34.1 Å². The summed E-state index contributed by atoms with van der Waals surface area (Å²) in [6.07, 6.45) is 1.78. The highest BCUT2D eigenvalue weighted by Crippen LogP contribution is 2.48. The van der Waals surface area contributed by atoms with Gasteiger partial charge >= 0.3 is 0 Å². The predicted octanol–water partition coefficient (Wildman–Crippen LogP) is 13.0. The Morgan fingerprint density at radius 1 is 0.474 bits per heavy atom. The number of hydrogen-bond acceptors (Lipinski definition) is 3. The average molecular weight is 747 g/mol. The summed E-state index contributed by atoms with van der Waals surface area (Å²) in [5.41, 5.74) is 22.7. The van der Waals surface area contributed by atoms with Crippen LogP contribution < -0.4 is 26.2 Å². The van der Waals surface area contributed by atoms with Crippen LogP contribution in [0.1, 0.15) is 95.7 Å². The summed E-state index contributed by atoms with van der Waals surface area (Å²) in [6, 6.07) is 42.1. The maximum Gasteiger partial charge on any atom is 0.252 e. The molecule has 0 saturated heterocycles. The summed E-state index contributed by atoms with van der Waals surface area (Å²) < 4.78 is 5.75. The number of fused-ring (bicyclic) bond motifs is 5. The van der Waals surface area contributed by atoms with E-state index in [1.807, 2.05) is 0 Å². The highest BCUT2D eigenvalue weighted by Gasteiger charge is 2.44. The van der Waals surface area contributed by atoms with Gasteiger partial charge in [0, 0.05) is 33.8 Å². The van der Waals surface area contributed by atoms with Gasteiger partial charge in [-0.05, 0) is 153 Å². The van der Waals surface area contributed by atoms with Gasteiger partial charge in [-0.2, -0.15) is 0 Å². The minimum atomic E-state index is -0.00720. The van der Waals surface area contributed by atoms with Crippen LogP contribution >= 0.6 is 0 Å². The van der Waals surface area contributed by atoms with E-state index in [4.69, 9.17) is 4.42 Å². The number of furan rings is 1. The minimum absolute atomic E-state index is 0.00720. The Morgan fingerprint density at radius 3 is 1.72 bits per heavy atom. The Kier molecular flexibility index (Phi) is 8.31. The third-order valence-corrected chi connectivity index (χ3v) is 12.4. The first-order chi connectivity index (χ1) is 26.9. The molecule has 57 heavy (non-hydrogen) atoms. The molecule has 9 rings (SSSR count). The summed E-state index contributed by atoms with van der Waals surface area (Å²) in [4.78, 5) is 5.14. The fourth-order valence-electron chi connectivity index (χ4n) is 9.30. The van der Waals surface area contributed by atoms with Crippen molar-refractivity contribution in [2.75, 3.05) is 9.80 Å². The predicted molar refractivity (Wildman–Crippen MR) is 246 cm³/mol. The first-order valence-electron chi connectivity index (χ1n) is 20.6. The zero-order chi connectivity index (χ0) is 40.3. The van der Waals surface area contributed by atoms with Crippen LogP contribution in [-0.4, -0.2) is 6.71 Å². The van der Waals surface area contributed by atoms with Gasteiger partial charge in [-0.1, -0.05) is 117 Å². The molecule has 0 aliphatic carbocycles. The Bertz CT molecular complexity index is 2710. The molecular formula is C53H55BN2O. The molecule has 286 valence electrons. The Balaban J connectivity index is 1.36. The zero-order valence-corrected chi connectivity index (χ0v) is 35.8. The number of aryl methyl sites for hydroxylation is 3. The van der Waals surface area contributed by atoms with Crippen molar-refractivity contribution in [3.63, 3.8) is 0 Å². The monoisotopic (exact) mass is 746 g/mol. The van der Waals surface area contributed by atoms with Crippen LogP contribution in [0.2, 0.25) is 0 Å². The van der Waals surface area contributed by atoms with Crippen molar-refractivity contribution in [1.29, 1.82) is 0 Å². The molecule has 3 heterocycles. The summed E-state index contributed by atoms with van der Waals surface area (Å²) in [6.45, 7) is 27.7. The quantitative estimate of drug-likeness (QED) is 0.168. The number of hydrogen-bond donors (Lipinski definition) is 0. The van der Waals surface area contributed by atoms with E-state index in [-0.39, 0.29) is 23.0 Å². The number of rotatable bonds is 3. The highest BCUT2D eigenvalue weighted by molar-refractivity contribution is 7.00. The van der Waals surface area contributed by atoms with Crippen LogP contribution in [0.25, 0.3) is 22.1 Å². The second kappa shape index (κ2) is 12.8. The molecule has 0 fully saturated rings. The number of benzene rings is 6. The van der Waals surface area contributed by atoms with Gasteiger partial charge in [0.2, 0.25) is 0 Å². The van der Waals surface area contributed by atoms with Crippen LogP contribution in [0.15, 0.2) is 120 Å². The van der Waals surface area contributed by atoms with Gasteiger partial charge in [0.15, 0.2) is 0 Å². The molecule has 4 heteroatoms. The van der Waals surface area contributed by atoms with Gasteiger partial charge in [-0.15, -0.1) is 0 Å². The topological polar surface area (TPSA) is 19.6 Å². The number of nitrogens with zero attached hydrogens (tertiary/aromatic N) is 2. The SMILES string of the molecule is Cc1cc2c3c(c1)N(c1c(C)cc(C(C)(C)C)cc1C)c1cc(-c4ccc5occc5c4)ccc1B3c1cc(C(C)(C)C)ccc1N2c1ccc(C(C)(C)C)cc1. The van der Waals surface area contributed by atoms with E-state index in [1.54, 1.807) is 6.26 Å². The smallest absolute Gasteiger partial charge is 0.252 e. The maximum atomic E-state index is 5.75. The van der Waals surface area contributed by atoms with Gasteiger partial charge in [0.05, 0.1) is 12.0 Å². The molecule has 0 N–H and O–H groups in total. The third kappa shape index (κ3) is 6.11. The maximum absolute atomic E-state index is 5.75. The van der Waals surface area contributed by atoms with Crippen molar-refractivity contribution >= 4 is 68.2 Å². The van der Waals surface area contributed by atoms with Gasteiger partial charge in [0.1, 0.15) is 5.58 Å². The molecule has 7 aromatic rings. The van der Waals surface area contributed by atoms with Crippen LogP contribution in [0.3, 0.4) is 0 Å². The zero-order valence-electron chi connectivity index (χ0n) is 35.8. The Morgan fingerprint density at radius 2 is 1.07 bits per heavy atom. The summed E-state index contributed by atoms with van der Waals surface area (Å²) in [5, 5.41) is 1.11. The molecule has 0 atom stereocenters. The lowest BCUT2D eigenvalue weighted by molar-refractivity contribution is 0.589. The molecule has 0 unspecified atom stereocenters. The second-order valence-corrected chi connectivity index (χ2v) is 19.8. The lowest BCUT2D eigenvalue weighted by atomic mass is 9.33. The first-order valence-corrected chi connectivity index (χ1v) is 20.6. The van der Waals surface area contributed by atoms with E-state index >= 15 is 0 Å². The van der Waals surface area contributed by atoms with Crippen molar-refractivity contribution < 1.29 is 4.42 Å². The molecule has 0 saturated carbocycles. The fraction of sp³-hybridized carbons (Fsp3) is 0.283. The van der Waals surface area contributed by atoms with E-state index in [0.29, 0.717) is 0 Å². The van der Waals surface area contributed by atoms with E-state index in [1.165, 1.54) is 95.0 Å². The molecule has 2 aliphatic rings. The molecule has 0 spiro atoms.